The summed E-state index contributed by atoms with van der Waals surface area (Å²) in [4.78, 5) is 8.78. The number of fused-ring (bicyclic) bond motifs is 1. The van der Waals surface area contributed by atoms with E-state index >= 15 is 0 Å². The smallest absolute Gasteiger partial charge is 0.202 e. The van der Waals surface area contributed by atoms with E-state index in [1.54, 1.807) is 6.20 Å². The van der Waals surface area contributed by atoms with Crippen molar-refractivity contribution in [3.8, 4) is 0 Å². The predicted molar refractivity (Wildman–Crippen MR) is 81.8 cm³/mol. The van der Waals surface area contributed by atoms with Gasteiger partial charge in [-0.15, -0.1) is 0 Å². The van der Waals surface area contributed by atoms with Crippen LogP contribution in [0.4, 0.5) is 5.95 Å². The molecule has 1 aliphatic rings. The molecular formula is C13H17ClN4S. The third-order valence-electron chi connectivity index (χ3n) is 3.87. The number of nitrogens with two attached hydrogens (primary N) is 1. The average Bonchev–Trinajstić information content (AvgIpc) is 2.74. The summed E-state index contributed by atoms with van der Waals surface area (Å²) in [5, 5.41) is 1.39. The SMILES string of the molecule is CSC1CCC(n2c(N)nc3cc(Cl)cnc32)CC1. The molecule has 0 atom stereocenters. The van der Waals surface area contributed by atoms with Gasteiger partial charge in [-0.1, -0.05) is 11.6 Å². The molecule has 0 bridgehead atoms. The monoisotopic (exact) mass is 296 g/mol. The summed E-state index contributed by atoms with van der Waals surface area (Å²) < 4.78 is 2.09. The van der Waals surface area contributed by atoms with Crippen LogP contribution in [0.5, 0.6) is 0 Å². The number of rotatable bonds is 2. The highest BCUT2D eigenvalue weighted by atomic mass is 35.5. The van der Waals surface area contributed by atoms with Crippen molar-refractivity contribution < 1.29 is 0 Å². The topological polar surface area (TPSA) is 56.7 Å². The highest BCUT2D eigenvalue weighted by molar-refractivity contribution is 7.99. The number of imidazole rings is 1. The predicted octanol–water partition coefficient (Wildman–Crippen LogP) is 3.51. The van der Waals surface area contributed by atoms with Crippen molar-refractivity contribution in [3.63, 3.8) is 0 Å². The van der Waals surface area contributed by atoms with E-state index in [4.69, 9.17) is 17.3 Å². The van der Waals surface area contributed by atoms with Gasteiger partial charge in [0.05, 0.1) is 5.02 Å². The van der Waals surface area contributed by atoms with Crippen LogP contribution in [-0.2, 0) is 0 Å². The lowest BCUT2D eigenvalue weighted by Crippen LogP contribution is -2.20. The quantitative estimate of drug-likeness (QED) is 0.921. The molecule has 2 N–H and O–H groups in total. The molecule has 102 valence electrons. The van der Waals surface area contributed by atoms with E-state index in [0.29, 0.717) is 17.0 Å². The van der Waals surface area contributed by atoms with E-state index in [1.165, 1.54) is 12.8 Å². The van der Waals surface area contributed by atoms with Gasteiger partial charge in [-0.25, -0.2) is 9.97 Å². The molecule has 1 fully saturated rings. The molecule has 2 aromatic rings. The molecule has 0 spiro atoms. The first-order valence-electron chi connectivity index (χ1n) is 6.51. The maximum Gasteiger partial charge on any atom is 0.202 e. The van der Waals surface area contributed by atoms with Crippen molar-refractivity contribution in [2.75, 3.05) is 12.0 Å². The number of thioether (sulfide) groups is 1. The van der Waals surface area contributed by atoms with Crippen LogP contribution in [0, 0.1) is 0 Å². The van der Waals surface area contributed by atoms with E-state index in [-0.39, 0.29) is 0 Å². The lowest BCUT2D eigenvalue weighted by atomic mass is 9.95. The zero-order chi connectivity index (χ0) is 13.4. The Balaban J connectivity index is 1.94. The van der Waals surface area contributed by atoms with E-state index in [0.717, 1.165) is 29.3 Å². The Morgan fingerprint density at radius 2 is 2.11 bits per heavy atom. The molecule has 6 heteroatoms. The van der Waals surface area contributed by atoms with Gasteiger partial charge in [-0.2, -0.15) is 11.8 Å². The fourth-order valence-electron chi connectivity index (χ4n) is 2.87. The summed E-state index contributed by atoms with van der Waals surface area (Å²) in [6, 6.07) is 2.24. The molecule has 0 saturated heterocycles. The number of hydrogen-bond acceptors (Lipinski definition) is 4. The number of aromatic nitrogens is 3. The molecule has 1 saturated carbocycles. The summed E-state index contributed by atoms with van der Waals surface area (Å²) in [7, 11) is 0. The van der Waals surface area contributed by atoms with Crippen LogP contribution in [0.15, 0.2) is 12.3 Å². The third-order valence-corrected chi connectivity index (χ3v) is 5.21. The highest BCUT2D eigenvalue weighted by Gasteiger charge is 2.25. The fraction of sp³-hybridized carbons (Fsp3) is 0.538. The Morgan fingerprint density at radius 1 is 1.37 bits per heavy atom. The first-order valence-corrected chi connectivity index (χ1v) is 8.17. The molecule has 2 aromatic heterocycles. The maximum atomic E-state index is 6.06. The van der Waals surface area contributed by atoms with Gasteiger partial charge in [0.2, 0.25) is 5.95 Å². The van der Waals surface area contributed by atoms with Gasteiger partial charge in [0, 0.05) is 17.5 Å². The summed E-state index contributed by atoms with van der Waals surface area (Å²) in [5.41, 5.74) is 7.71. The second-order valence-corrected chi connectivity index (χ2v) is 6.58. The Morgan fingerprint density at radius 3 is 2.79 bits per heavy atom. The van der Waals surface area contributed by atoms with Gasteiger partial charge in [-0.3, -0.25) is 4.57 Å². The van der Waals surface area contributed by atoms with E-state index in [9.17, 15) is 0 Å². The van der Waals surface area contributed by atoms with E-state index in [2.05, 4.69) is 20.8 Å². The number of nitrogens with zero attached hydrogens (tertiary/aromatic N) is 3. The molecule has 0 unspecified atom stereocenters. The summed E-state index contributed by atoms with van der Waals surface area (Å²) >= 11 is 7.91. The summed E-state index contributed by atoms with van der Waals surface area (Å²) in [5.74, 6) is 0.553. The molecule has 3 rings (SSSR count). The summed E-state index contributed by atoms with van der Waals surface area (Å²) in [6.07, 6.45) is 8.61. The first-order chi connectivity index (χ1) is 9.19. The third kappa shape index (κ3) is 2.41. The molecule has 2 heterocycles. The zero-order valence-electron chi connectivity index (χ0n) is 10.8. The molecule has 0 aromatic carbocycles. The lowest BCUT2D eigenvalue weighted by Gasteiger charge is -2.28. The molecule has 0 radical (unpaired) electrons. The van der Waals surface area contributed by atoms with Crippen molar-refractivity contribution in [2.24, 2.45) is 0 Å². The number of pyridine rings is 1. The van der Waals surface area contributed by atoms with Crippen molar-refractivity contribution >= 4 is 40.5 Å². The van der Waals surface area contributed by atoms with Crippen LogP contribution in [-0.4, -0.2) is 26.0 Å². The molecule has 0 aliphatic heterocycles. The van der Waals surface area contributed by atoms with Crippen molar-refractivity contribution in [1.29, 1.82) is 0 Å². The molecule has 0 amide bonds. The Bertz CT molecular complexity index is 590. The second kappa shape index (κ2) is 5.21. The standard InChI is InChI=1S/C13H17ClN4S/c1-19-10-4-2-9(3-5-10)18-12-11(17-13(18)15)6-8(14)7-16-12/h6-7,9-10H,2-5H2,1H3,(H2,15,17). The Labute approximate surface area is 121 Å². The van der Waals surface area contributed by atoms with Crippen LogP contribution in [0.3, 0.4) is 0 Å². The fourth-order valence-corrected chi connectivity index (χ4v) is 3.77. The van der Waals surface area contributed by atoms with Gasteiger partial charge in [0.1, 0.15) is 5.52 Å². The van der Waals surface area contributed by atoms with Crippen LogP contribution in [0.25, 0.3) is 11.2 Å². The minimum absolute atomic E-state index is 0.419. The Kier molecular flexibility index (Phi) is 3.58. The summed E-state index contributed by atoms with van der Waals surface area (Å²) in [6.45, 7) is 0. The normalized spacial score (nSPS) is 23.9. The second-order valence-electron chi connectivity index (χ2n) is 5.00. The van der Waals surface area contributed by atoms with E-state index in [1.807, 2.05) is 17.8 Å². The molecule has 4 nitrogen and oxygen atoms in total. The maximum absolute atomic E-state index is 6.06. The molecule has 19 heavy (non-hydrogen) atoms. The lowest BCUT2D eigenvalue weighted by molar-refractivity contribution is 0.368. The van der Waals surface area contributed by atoms with Crippen molar-refractivity contribution in [1.82, 2.24) is 14.5 Å². The average molecular weight is 297 g/mol. The first kappa shape index (κ1) is 13.1. The van der Waals surface area contributed by atoms with Crippen LogP contribution < -0.4 is 5.73 Å². The highest BCUT2D eigenvalue weighted by Crippen LogP contribution is 2.36. The minimum Gasteiger partial charge on any atom is -0.369 e. The van der Waals surface area contributed by atoms with Crippen LogP contribution in [0.1, 0.15) is 31.7 Å². The van der Waals surface area contributed by atoms with Gasteiger partial charge in [0.15, 0.2) is 5.65 Å². The number of halogens is 1. The Hall–Kier alpha value is -0.940. The van der Waals surface area contributed by atoms with Gasteiger partial charge >= 0.3 is 0 Å². The van der Waals surface area contributed by atoms with Crippen molar-refractivity contribution in [2.45, 2.75) is 37.0 Å². The van der Waals surface area contributed by atoms with Crippen molar-refractivity contribution in [3.05, 3.63) is 17.3 Å². The number of anilines is 1. The van der Waals surface area contributed by atoms with Crippen LogP contribution >= 0.6 is 23.4 Å². The minimum atomic E-state index is 0.419. The van der Waals surface area contributed by atoms with Gasteiger partial charge in [0.25, 0.3) is 0 Å². The van der Waals surface area contributed by atoms with Crippen LogP contribution in [0.2, 0.25) is 5.02 Å². The largest absolute Gasteiger partial charge is 0.369 e. The molecule has 1 aliphatic carbocycles. The molecular weight excluding hydrogens is 280 g/mol. The number of hydrogen-bond donors (Lipinski definition) is 1. The van der Waals surface area contributed by atoms with Gasteiger partial charge < -0.3 is 5.73 Å². The zero-order valence-corrected chi connectivity index (χ0v) is 12.4. The number of nitrogen functional groups attached to an aromatic ring is 1. The van der Waals surface area contributed by atoms with Gasteiger partial charge in [-0.05, 0) is 38.0 Å². The van der Waals surface area contributed by atoms with E-state index < -0.39 is 0 Å².